The molecule has 2 atom stereocenters. The maximum absolute atomic E-state index is 13.1. The van der Waals surface area contributed by atoms with Gasteiger partial charge in [0.15, 0.2) is 0 Å². The molecule has 3 fully saturated rings. The summed E-state index contributed by atoms with van der Waals surface area (Å²) in [4.78, 5) is 22.7. The zero-order valence-corrected chi connectivity index (χ0v) is 21.2. The largest absolute Gasteiger partial charge is 0.573 e. The second-order valence-electron chi connectivity index (χ2n) is 10.2. The number of aromatic nitrogens is 3. The second kappa shape index (κ2) is 10.1. The van der Waals surface area contributed by atoms with Crippen LogP contribution in [0.25, 0.3) is 11.3 Å². The first-order valence-electron chi connectivity index (χ1n) is 12.9. The van der Waals surface area contributed by atoms with E-state index in [4.69, 9.17) is 14.0 Å². The summed E-state index contributed by atoms with van der Waals surface area (Å²) in [6.45, 7) is 0.180. The molecule has 0 spiro atoms. The van der Waals surface area contributed by atoms with Gasteiger partial charge in [0.1, 0.15) is 17.2 Å². The lowest BCUT2D eigenvalue weighted by atomic mass is 9.99. The van der Waals surface area contributed by atoms with E-state index in [0.29, 0.717) is 28.5 Å². The Labute approximate surface area is 222 Å². The summed E-state index contributed by atoms with van der Waals surface area (Å²) < 4.78 is 60.2. The predicted molar refractivity (Wildman–Crippen MR) is 131 cm³/mol. The van der Waals surface area contributed by atoms with Gasteiger partial charge in [-0.3, -0.25) is 0 Å². The minimum Gasteiger partial charge on any atom is -0.465 e. The van der Waals surface area contributed by atoms with Crippen molar-refractivity contribution in [2.75, 3.05) is 12.0 Å². The van der Waals surface area contributed by atoms with Gasteiger partial charge < -0.3 is 23.6 Å². The number of carbonyl (C=O) groups excluding carboxylic acids is 1. The molecule has 39 heavy (non-hydrogen) atoms. The van der Waals surface area contributed by atoms with E-state index in [0.717, 1.165) is 38.5 Å². The molecule has 2 aliphatic heterocycles. The molecule has 2 bridgehead atoms. The monoisotopic (exact) mass is 544 g/mol. The van der Waals surface area contributed by atoms with Crippen LogP contribution in [0.2, 0.25) is 0 Å². The number of anilines is 1. The molecule has 6 rings (SSSR count). The fraction of sp³-hybridized carbons (Fsp3) is 0.481. The number of hydrogen-bond acceptors (Lipinski definition) is 9. The Kier molecular flexibility index (Phi) is 6.66. The van der Waals surface area contributed by atoms with Crippen molar-refractivity contribution in [1.82, 2.24) is 15.1 Å². The number of piperidine rings is 1. The van der Waals surface area contributed by atoms with Crippen LogP contribution in [0.15, 0.2) is 41.2 Å². The zero-order chi connectivity index (χ0) is 27.1. The smallest absolute Gasteiger partial charge is 0.465 e. The minimum atomic E-state index is -4.83. The lowest BCUT2D eigenvalue weighted by molar-refractivity contribution is -0.274. The molecule has 1 aliphatic carbocycles. The third-order valence-corrected chi connectivity index (χ3v) is 7.58. The zero-order valence-electron chi connectivity index (χ0n) is 21.2. The van der Waals surface area contributed by atoms with Crippen LogP contribution < -0.4 is 9.64 Å². The molecular weight excluding hydrogens is 517 g/mol. The predicted octanol–water partition coefficient (Wildman–Crippen LogP) is 5.41. The van der Waals surface area contributed by atoms with Crippen molar-refractivity contribution < 1.29 is 36.7 Å². The summed E-state index contributed by atoms with van der Waals surface area (Å²) in [5.74, 6) is 0.636. The summed E-state index contributed by atoms with van der Waals surface area (Å²) in [6, 6.07) is 6.31. The Bertz CT molecular complexity index is 1330. The standard InChI is InChI=1S/C27H27F3N4O5/c1-36-25(35)16-12-31-26(32-13-16)34-17-8-9-18(34)11-19(10-17)37-14-21-23(33-39-24(21)15-6-7-15)20-4-2-3-5-22(20)38-27(28,29)30/h2-5,12-13,15,17-19H,6-11,14H2,1H3. The van der Waals surface area contributed by atoms with Crippen molar-refractivity contribution in [2.24, 2.45) is 0 Å². The molecule has 0 radical (unpaired) electrons. The molecule has 2 unspecified atom stereocenters. The number of carbonyl (C=O) groups is 1. The molecule has 1 aromatic carbocycles. The van der Waals surface area contributed by atoms with E-state index in [-0.39, 0.29) is 42.0 Å². The number of fused-ring (bicyclic) bond motifs is 2. The van der Waals surface area contributed by atoms with E-state index in [1.165, 1.54) is 31.6 Å². The molecule has 4 heterocycles. The van der Waals surface area contributed by atoms with Gasteiger partial charge in [-0.15, -0.1) is 13.2 Å². The Morgan fingerprint density at radius 1 is 1.08 bits per heavy atom. The Morgan fingerprint density at radius 2 is 1.77 bits per heavy atom. The third kappa shape index (κ3) is 5.29. The Morgan fingerprint density at radius 3 is 2.41 bits per heavy atom. The first-order chi connectivity index (χ1) is 18.8. The van der Waals surface area contributed by atoms with Crippen molar-refractivity contribution in [3.05, 3.63) is 53.5 Å². The van der Waals surface area contributed by atoms with Crippen LogP contribution >= 0.6 is 0 Å². The molecule has 1 saturated carbocycles. The topological polar surface area (TPSA) is 99.8 Å². The van der Waals surface area contributed by atoms with Crippen LogP contribution in [0, 0.1) is 0 Å². The van der Waals surface area contributed by atoms with Crippen molar-refractivity contribution in [2.45, 2.75) is 75.6 Å². The molecule has 0 N–H and O–H groups in total. The van der Waals surface area contributed by atoms with Gasteiger partial charge in [-0.2, -0.15) is 0 Å². The van der Waals surface area contributed by atoms with Gasteiger partial charge >= 0.3 is 12.3 Å². The van der Waals surface area contributed by atoms with Gasteiger partial charge in [0, 0.05) is 41.5 Å². The van der Waals surface area contributed by atoms with Crippen LogP contribution in [-0.2, 0) is 16.1 Å². The molecule has 3 aliphatic rings. The van der Waals surface area contributed by atoms with Crippen LogP contribution in [0.4, 0.5) is 19.1 Å². The summed E-state index contributed by atoms with van der Waals surface area (Å²) in [7, 11) is 1.31. The van der Waals surface area contributed by atoms with Gasteiger partial charge in [0.25, 0.3) is 0 Å². The number of methoxy groups -OCH3 is 1. The van der Waals surface area contributed by atoms with E-state index in [1.807, 2.05) is 0 Å². The quantitative estimate of drug-likeness (QED) is 0.345. The molecule has 2 aromatic heterocycles. The van der Waals surface area contributed by atoms with Crippen molar-refractivity contribution >= 4 is 11.9 Å². The number of ether oxygens (including phenoxy) is 3. The van der Waals surface area contributed by atoms with Crippen LogP contribution in [-0.4, -0.2) is 52.8 Å². The van der Waals surface area contributed by atoms with Crippen molar-refractivity contribution in [3.8, 4) is 17.0 Å². The number of hydrogen-bond donors (Lipinski definition) is 0. The van der Waals surface area contributed by atoms with Gasteiger partial charge in [-0.05, 0) is 50.7 Å². The van der Waals surface area contributed by atoms with Crippen molar-refractivity contribution in [3.63, 3.8) is 0 Å². The number of esters is 1. The highest BCUT2D eigenvalue weighted by molar-refractivity contribution is 5.88. The first-order valence-corrected chi connectivity index (χ1v) is 12.9. The number of halogens is 3. The lowest BCUT2D eigenvalue weighted by Gasteiger charge is -2.38. The number of alkyl halides is 3. The number of para-hydroxylation sites is 1. The number of benzene rings is 1. The van der Waals surface area contributed by atoms with E-state index in [2.05, 4.69) is 24.8 Å². The first kappa shape index (κ1) is 25.6. The van der Waals surface area contributed by atoms with Gasteiger partial charge in [-0.25, -0.2) is 14.8 Å². The van der Waals surface area contributed by atoms with Gasteiger partial charge in [0.2, 0.25) is 5.95 Å². The van der Waals surface area contributed by atoms with Crippen LogP contribution in [0.1, 0.15) is 66.1 Å². The van der Waals surface area contributed by atoms with Crippen molar-refractivity contribution in [1.29, 1.82) is 0 Å². The molecule has 206 valence electrons. The molecule has 3 aromatic rings. The van der Waals surface area contributed by atoms with E-state index in [9.17, 15) is 18.0 Å². The normalized spacial score (nSPS) is 22.7. The summed E-state index contributed by atoms with van der Waals surface area (Å²) in [6.07, 6.45) is 3.42. The Balaban J connectivity index is 1.18. The highest BCUT2D eigenvalue weighted by Gasteiger charge is 2.43. The van der Waals surface area contributed by atoms with E-state index < -0.39 is 12.3 Å². The number of nitrogens with zero attached hydrogens (tertiary/aromatic N) is 4. The van der Waals surface area contributed by atoms with E-state index in [1.54, 1.807) is 12.1 Å². The van der Waals surface area contributed by atoms with Gasteiger partial charge in [-0.1, -0.05) is 17.3 Å². The lowest BCUT2D eigenvalue weighted by Crippen LogP contribution is -2.46. The fourth-order valence-electron chi connectivity index (χ4n) is 5.68. The summed E-state index contributed by atoms with van der Waals surface area (Å²) >= 11 is 0. The fourth-order valence-corrected chi connectivity index (χ4v) is 5.68. The average molecular weight is 545 g/mol. The summed E-state index contributed by atoms with van der Waals surface area (Å²) in [5.41, 5.74) is 1.50. The average Bonchev–Trinajstić information content (AvgIpc) is 3.62. The maximum Gasteiger partial charge on any atom is 0.573 e. The van der Waals surface area contributed by atoms with Crippen LogP contribution in [0.5, 0.6) is 5.75 Å². The highest BCUT2D eigenvalue weighted by Crippen LogP contribution is 2.46. The third-order valence-electron chi connectivity index (χ3n) is 7.58. The summed E-state index contributed by atoms with van der Waals surface area (Å²) in [5, 5.41) is 4.16. The minimum absolute atomic E-state index is 0.0513. The van der Waals surface area contributed by atoms with E-state index >= 15 is 0 Å². The SMILES string of the molecule is COC(=O)c1cnc(N2C3CCC2CC(OCc2c(-c4ccccc4OC(F)(F)F)noc2C2CC2)C3)nc1. The molecule has 12 heteroatoms. The molecule has 2 saturated heterocycles. The molecular formula is C27H27F3N4O5. The van der Waals surface area contributed by atoms with Crippen LogP contribution in [0.3, 0.4) is 0 Å². The number of rotatable bonds is 8. The maximum atomic E-state index is 13.1. The second-order valence-corrected chi connectivity index (χ2v) is 10.2. The Hall–Kier alpha value is -3.67. The van der Waals surface area contributed by atoms with Gasteiger partial charge in [0.05, 0.1) is 25.4 Å². The molecule has 0 amide bonds. The molecule has 9 nitrogen and oxygen atoms in total. The highest BCUT2D eigenvalue weighted by atomic mass is 19.4.